The van der Waals surface area contributed by atoms with Crippen molar-refractivity contribution in [3.63, 3.8) is 0 Å². The van der Waals surface area contributed by atoms with Gasteiger partial charge in [0.2, 0.25) is 5.91 Å². The second-order valence-corrected chi connectivity index (χ2v) is 8.75. The average molecular weight is 450 g/mol. The molecule has 1 aliphatic heterocycles. The summed E-state index contributed by atoms with van der Waals surface area (Å²) < 4.78 is 7.13. The van der Waals surface area contributed by atoms with Gasteiger partial charge in [0.05, 0.1) is 25.2 Å². The number of hydrogen-bond acceptors (Lipinski definition) is 7. The predicted octanol–water partition coefficient (Wildman–Crippen LogP) is 2.47. The molecule has 1 aromatic carbocycles. The summed E-state index contributed by atoms with van der Waals surface area (Å²) in [5.41, 5.74) is 2.02. The van der Waals surface area contributed by atoms with Crippen LogP contribution in [0.5, 0.6) is 5.75 Å². The number of nitrogens with one attached hydrogen (secondary N) is 1. The van der Waals surface area contributed by atoms with Gasteiger partial charge in [-0.1, -0.05) is 12.8 Å². The fraction of sp³-hybridized carbons (Fsp3) is 0.500. The van der Waals surface area contributed by atoms with Gasteiger partial charge >= 0.3 is 0 Å². The molecule has 3 aromatic rings. The van der Waals surface area contributed by atoms with Gasteiger partial charge in [-0.15, -0.1) is 0 Å². The molecule has 0 unspecified atom stereocenters. The number of rotatable bonds is 7. The van der Waals surface area contributed by atoms with Crippen LogP contribution in [0.1, 0.15) is 25.7 Å². The summed E-state index contributed by atoms with van der Waals surface area (Å²) in [6.45, 7) is 4.75. The Hall–Kier alpha value is -3.36. The maximum atomic E-state index is 12.3. The first-order valence-corrected chi connectivity index (χ1v) is 11.8. The van der Waals surface area contributed by atoms with Crippen molar-refractivity contribution in [3.05, 3.63) is 36.8 Å². The molecule has 9 heteroatoms. The number of anilines is 2. The average Bonchev–Trinajstić information content (AvgIpc) is 3.55. The highest BCUT2D eigenvalue weighted by Gasteiger charge is 2.23. The second kappa shape index (κ2) is 9.64. The van der Waals surface area contributed by atoms with Crippen molar-refractivity contribution in [3.8, 4) is 5.75 Å². The molecule has 1 amide bonds. The third-order valence-electron chi connectivity index (χ3n) is 6.78. The zero-order valence-electron chi connectivity index (χ0n) is 19.1. The first kappa shape index (κ1) is 21.5. The molecule has 0 bridgehead atoms. The highest BCUT2D eigenvalue weighted by molar-refractivity contribution is 5.86. The molecule has 1 saturated heterocycles. The van der Waals surface area contributed by atoms with Gasteiger partial charge in [0, 0.05) is 44.3 Å². The van der Waals surface area contributed by atoms with E-state index in [2.05, 4.69) is 42.3 Å². The van der Waals surface area contributed by atoms with Crippen LogP contribution >= 0.6 is 0 Å². The molecule has 2 aromatic heterocycles. The standard InChI is InChI=1S/C24H31N7O2/c1-33-20-8-6-19(7-9-20)29-12-14-30(15-13-29)22-21-16-28-31(23(21)27-17-26-22)11-10-25-24(32)18-4-2-3-5-18/h6-9,16-18H,2-5,10-15H2,1H3,(H,25,32). The minimum Gasteiger partial charge on any atom is -0.497 e. The van der Waals surface area contributed by atoms with Crippen LogP contribution in [-0.4, -0.2) is 65.5 Å². The highest BCUT2D eigenvalue weighted by Crippen LogP contribution is 2.26. The molecule has 1 aliphatic carbocycles. The first-order chi connectivity index (χ1) is 16.2. The molecule has 2 fully saturated rings. The Morgan fingerprint density at radius 3 is 2.52 bits per heavy atom. The van der Waals surface area contributed by atoms with Crippen molar-refractivity contribution in [1.82, 2.24) is 25.1 Å². The molecule has 3 heterocycles. The zero-order valence-corrected chi connectivity index (χ0v) is 19.1. The predicted molar refractivity (Wildman–Crippen MR) is 128 cm³/mol. The molecule has 5 rings (SSSR count). The molecule has 174 valence electrons. The molecule has 2 aliphatic rings. The number of carbonyl (C=O) groups is 1. The van der Waals surface area contributed by atoms with Crippen LogP contribution in [-0.2, 0) is 11.3 Å². The summed E-state index contributed by atoms with van der Waals surface area (Å²) in [5, 5.41) is 8.56. The van der Waals surface area contributed by atoms with Crippen molar-refractivity contribution >= 4 is 28.4 Å². The summed E-state index contributed by atoms with van der Waals surface area (Å²) in [6, 6.07) is 8.21. The molecular formula is C24H31N7O2. The molecular weight excluding hydrogens is 418 g/mol. The molecule has 0 radical (unpaired) electrons. The molecule has 1 N–H and O–H groups in total. The van der Waals surface area contributed by atoms with Crippen LogP contribution in [0.15, 0.2) is 36.8 Å². The van der Waals surface area contributed by atoms with E-state index in [9.17, 15) is 4.79 Å². The summed E-state index contributed by atoms with van der Waals surface area (Å²) >= 11 is 0. The Morgan fingerprint density at radius 2 is 1.79 bits per heavy atom. The van der Waals surface area contributed by atoms with E-state index in [1.54, 1.807) is 13.4 Å². The Kier molecular flexibility index (Phi) is 6.28. The van der Waals surface area contributed by atoms with E-state index in [1.165, 1.54) is 5.69 Å². The fourth-order valence-corrected chi connectivity index (χ4v) is 4.88. The van der Waals surface area contributed by atoms with Gasteiger partial charge in [0.25, 0.3) is 0 Å². The monoisotopic (exact) mass is 449 g/mol. The van der Waals surface area contributed by atoms with Crippen LogP contribution in [0.2, 0.25) is 0 Å². The lowest BCUT2D eigenvalue weighted by Crippen LogP contribution is -2.46. The van der Waals surface area contributed by atoms with Crippen LogP contribution in [0.3, 0.4) is 0 Å². The third-order valence-corrected chi connectivity index (χ3v) is 6.78. The van der Waals surface area contributed by atoms with Crippen molar-refractivity contribution < 1.29 is 9.53 Å². The minimum atomic E-state index is 0.175. The molecule has 0 spiro atoms. The Labute approximate surface area is 193 Å². The molecule has 0 atom stereocenters. The molecule has 9 nitrogen and oxygen atoms in total. The Bertz CT molecular complexity index is 1080. The van der Waals surface area contributed by atoms with E-state index in [0.717, 1.165) is 74.5 Å². The van der Waals surface area contributed by atoms with Gasteiger partial charge in [-0.2, -0.15) is 5.10 Å². The molecule has 33 heavy (non-hydrogen) atoms. The van der Waals surface area contributed by atoms with Crippen LogP contribution < -0.4 is 19.9 Å². The van der Waals surface area contributed by atoms with Crippen molar-refractivity contribution in [2.75, 3.05) is 49.6 Å². The summed E-state index contributed by atoms with van der Waals surface area (Å²) in [7, 11) is 1.69. The van der Waals surface area contributed by atoms with E-state index in [0.29, 0.717) is 13.1 Å². The van der Waals surface area contributed by atoms with Gasteiger partial charge < -0.3 is 19.9 Å². The van der Waals surface area contributed by atoms with E-state index in [4.69, 9.17) is 4.74 Å². The number of fused-ring (bicyclic) bond motifs is 1. The number of hydrogen-bond donors (Lipinski definition) is 1. The van der Waals surface area contributed by atoms with Gasteiger partial charge in [-0.3, -0.25) is 4.79 Å². The third kappa shape index (κ3) is 4.58. The second-order valence-electron chi connectivity index (χ2n) is 8.75. The number of carbonyl (C=O) groups excluding carboxylic acids is 1. The van der Waals surface area contributed by atoms with Crippen molar-refractivity contribution in [1.29, 1.82) is 0 Å². The lowest BCUT2D eigenvalue weighted by atomic mass is 10.1. The van der Waals surface area contributed by atoms with Crippen LogP contribution in [0, 0.1) is 5.92 Å². The van der Waals surface area contributed by atoms with Crippen LogP contribution in [0.25, 0.3) is 11.0 Å². The summed E-state index contributed by atoms with van der Waals surface area (Å²) in [5.74, 6) is 2.16. The lowest BCUT2D eigenvalue weighted by molar-refractivity contribution is -0.124. The molecule has 1 saturated carbocycles. The van der Waals surface area contributed by atoms with Crippen LogP contribution in [0.4, 0.5) is 11.5 Å². The minimum absolute atomic E-state index is 0.175. The van der Waals surface area contributed by atoms with E-state index in [-0.39, 0.29) is 11.8 Å². The van der Waals surface area contributed by atoms with E-state index >= 15 is 0 Å². The fourth-order valence-electron chi connectivity index (χ4n) is 4.88. The maximum absolute atomic E-state index is 12.3. The smallest absolute Gasteiger partial charge is 0.223 e. The van der Waals surface area contributed by atoms with Gasteiger partial charge in [0.15, 0.2) is 5.65 Å². The highest BCUT2D eigenvalue weighted by atomic mass is 16.5. The number of aromatic nitrogens is 4. The van der Waals surface area contributed by atoms with Crippen molar-refractivity contribution in [2.24, 2.45) is 5.92 Å². The summed E-state index contributed by atoms with van der Waals surface area (Å²) in [6.07, 6.45) is 7.81. The van der Waals surface area contributed by atoms with Crippen molar-refractivity contribution in [2.45, 2.75) is 32.2 Å². The zero-order chi connectivity index (χ0) is 22.6. The first-order valence-electron chi connectivity index (χ1n) is 11.8. The lowest BCUT2D eigenvalue weighted by Gasteiger charge is -2.36. The quantitative estimate of drug-likeness (QED) is 0.593. The van der Waals surface area contributed by atoms with E-state index < -0.39 is 0 Å². The van der Waals surface area contributed by atoms with Gasteiger partial charge in [-0.05, 0) is 37.1 Å². The Balaban J connectivity index is 1.21. The van der Waals surface area contributed by atoms with E-state index in [1.807, 2.05) is 23.0 Å². The number of amides is 1. The number of nitrogens with zero attached hydrogens (tertiary/aromatic N) is 6. The summed E-state index contributed by atoms with van der Waals surface area (Å²) in [4.78, 5) is 26.0. The van der Waals surface area contributed by atoms with Gasteiger partial charge in [-0.25, -0.2) is 14.6 Å². The largest absolute Gasteiger partial charge is 0.497 e. The number of methoxy groups -OCH3 is 1. The SMILES string of the molecule is COc1ccc(N2CCN(c3ncnc4c3cnn4CCNC(=O)C3CCCC3)CC2)cc1. The topological polar surface area (TPSA) is 88.4 Å². The Morgan fingerprint density at radius 1 is 1.06 bits per heavy atom. The van der Waals surface area contributed by atoms with Gasteiger partial charge in [0.1, 0.15) is 17.9 Å². The number of piperazine rings is 1. The number of benzene rings is 1. The number of ether oxygens (including phenoxy) is 1. The maximum Gasteiger partial charge on any atom is 0.223 e. The normalized spacial score (nSPS) is 17.0.